The first-order chi connectivity index (χ1) is 12.7. The molecule has 0 saturated carbocycles. The smallest absolute Gasteiger partial charge is 0.0403 e. The van der Waals surface area contributed by atoms with Gasteiger partial charge >= 0.3 is 0 Å². The number of hydrogen-bond acceptors (Lipinski definition) is 1. The van der Waals surface area contributed by atoms with E-state index in [0.717, 1.165) is 22.9 Å². The Balaban J connectivity index is 2.06. The van der Waals surface area contributed by atoms with Crippen molar-refractivity contribution in [1.29, 1.82) is 0 Å². The molecule has 0 spiro atoms. The van der Waals surface area contributed by atoms with Crippen molar-refractivity contribution < 1.29 is 0 Å². The largest absolute Gasteiger partial charge is 0.144 e. The molecule has 4 aromatic rings. The zero-order chi connectivity index (χ0) is 17.8. The van der Waals surface area contributed by atoms with Crippen LogP contribution in [-0.4, -0.2) is 0 Å². The molecule has 1 unspecified atom stereocenters. The molecule has 0 bridgehead atoms. The van der Waals surface area contributed by atoms with Crippen LogP contribution in [-0.2, 0) is 6.42 Å². The molecule has 3 aromatic carbocycles. The number of fused-ring (bicyclic) bond motifs is 4. The highest BCUT2D eigenvalue weighted by Crippen LogP contribution is 2.41. The molecule has 1 aliphatic carbocycles. The molecule has 0 radical (unpaired) electrons. The molecule has 0 fully saturated rings. The van der Waals surface area contributed by atoms with Gasteiger partial charge in [0.05, 0.1) is 0 Å². The van der Waals surface area contributed by atoms with Gasteiger partial charge < -0.3 is 0 Å². The molecular formula is C25H18S. The van der Waals surface area contributed by atoms with Crippen molar-refractivity contribution in [2.45, 2.75) is 32.6 Å². The maximum absolute atomic E-state index is 6.02. The molecular weight excluding hydrogens is 332 g/mol. The van der Waals surface area contributed by atoms with Crippen molar-refractivity contribution in [1.82, 2.24) is 0 Å². The average molecular weight is 350 g/mol. The standard InChI is InChI=1S/C25H18S/c1-4-6-19-22-11-16-8-7-15(3)20(16)13-23(22)18(5-2)21-12-17-9-10-26-25(17)14-24(19)21/h2,9-15H,7-8H2,1,3H3. The van der Waals surface area contributed by atoms with Crippen molar-refractivity contribution in [3.05, 3.63) is 58.0 Å². The van der Waals surface area contributed by atoms with Crippen molar-refractivity contribution >= 4 is 43.0 Å². The number of benzene rings is 3. The van der Waals surface area contributed by atoms with Crippen molar-refractivity contribution in [3.63, 3.8) is 0 Å². The van der Waals surface area contributed by atoms with E-state index in [1.54, 1.807) is 11.3 Å². The minimum atomic E-state index is 0.607. The van der Waals surface area contributed by atoms with Crippen LogP contribution in [0, 0.1) is 24.2 Å². The Labute approximate surface area is 157 Å². The van der Waals surface area contributed by atoms with Crippen molar-refractivity contribution in [2.24, 2.45) is 0 Å². The molecule has 0 nitrogen and oxygen atoms in total. The quantitative estimate of drug-likeness (QED) is 0.247. The topological polar surface area (TPSA) is 0 Å². The molecule has 1 aliphatic rings. The average Bonchev–Trinajstić information content (AvgIpc) is 3.25. The number of thiophene rings is 1. The summed E-state index contributed by atoms with van der Waals surface area (Å²) in [7, 11) is 0. The molecule has 1 atom stereocenters. The second-order valence-corrected chi connectivity index (χ2v) is 8.11. The van der Waals surface area contributed by atoms with Crippen LogP contribution in [0.1, 0.15) is 48.4 Å². The van der Waals surface area contributed by atoms with Gasteiger partial charge in [-0.3, -0.25) is 0 Å². The lowest BCUT2D eigenvalue weighted by Gasteiger charge is -2.14. The van der Waals surface area contributed by atoms with Gasteiger partial charge in [0.25, 0.3) is 0 Å². The Kier molecular flexibility index (Phi) is 3.36. The summed E-state index contributed by atoms with van der Waals surface area (Å²) in [5, 5.41) is 8.11. The maximum Gasteiger partial charge on any atom is 0.0403 e. The van der Waals surface area contributed by atoms with Gasteiger partial charge in [-0.05, 0) is 94.1 Å². The van der Waals surface area contributed by atoms with E-state index in [2.05, 4.69) is 60.4 Å². The molecule has 0 aliphatic heterocycles. The van der Waals surface area contributed by atoms with Crippen LogP contribution in [0.4, 0.5) is 0 Å². The van der Waals surface area contributed by atoms with Gasteiger partial charge in [0.1, 0.15) is 0 Å². The number of aryl methyl sites for hydroxylation is 1. The monoisotopic (exact) mass is 350 g/mol. The van der Waals surface area contributed by atoms with Crippen LogP contribution < -0.4 is 0 Å². The van der Waals surface area contributed by atoms with Crippen LogP contribution in [0.25, 0.3) is 31.6 Å². The predicted molar refractivity (Wildman–Crippen MR) is 114 cm³/mol. The van der Waals surface area contributed by atoms with Gasteiger partial charge in [-0.1, -0.05) is 18.8 Å². The minimum Gasteiger partial charge on any atom is -0.144 e. The Morgan fingerprint density at radius 2 is 1.81 bits per heavy atom. The number of terminal acetylenes is 1. The molecule has 1 aromatic heterocycles. The summed E-state index contributed by atoms with van der Waals surface area (Å²) in [5.74, 6) is 10.1. The van der Waals surface area contributed by atoms with E-state index in [4.69, 9.17) is 6.42 Å². The molecule has 0 amide bonds. The van der Waals surface area contributed by atoms with Crippen LogP contribution in [0.5, 0.6) is 0 Å². The molecule has 5 rings (SSSR count). The van der Waals surface area contributed by atoms with Gasteiger partial charge in [-0.2, -0.15) is 0 Å². The minimum absolute atomic E-state index is 0.607. The van der Waals surface area contributed by atoms with E-state index in [1.165, 1.54) is 43.8 Å². The third kappa shape index (κ3) is 2.05. The summed E-state index contributed by atoms with van der Waals surface area (Å²) in [6.07, 6.45) is 8.40. The SMILES string of the molecule is C#Cc1c2cc3c(cc2c(C#CC)c2cc4sccc4cc12)CCC3C. The third-order valence-electron chi connectivity index (χ3n) is 5.72. The van der Waals surface area contributed by atoms with Gasteiger partial charge in [-0.25, -0.2) is 0 Å². The van der Waals surface area contributed by atoms with Gasteiger partial charge in [-0.15, -0.1) is 23.7 Å². The third-order valence-corrected chi connectivity index (χ3v) is 6.60. The van der Waals surface area contributed by atoms with Crippen LogP contribution in [0.15, 0.2) is 35.7 Å². The van der Waals surface area contributed by atoms with E-state index in [9.17, 15) is 0 Å². The normalized spacial score (nSPS) is 15.8. The summed E-state index contributed by atoms with van der Waals surface area (Å²) in [4.78, 5) is 0. The second-order valence-electron chi connectivity index (χ2n) is 7.16. The van der Waals surface area contributed by atoms with Gasteiger partial charge in [0.15, 0.2) is 0 Å². The fourth-order valence-corrected chi connectivity index (χ4v) is 5.22. The maximum atomic E-state index is 6.02. The van der Waals surface area contributed by atoms with E-state index in [-0.39, 0.29) is 0 Å². The number of hydrogen-bond donors (Lipinski definition) is 0. The highest BCUT2D eigenvalue weighted by molar-refractivity contribution is 7.17. The second kappa shape index (κ2) is 5.63. The summed E-state index contributed by atoms with van der Waals surface area (Å²) >= 11 is 1.77. The lowest BCUT2D eigenvalue weighted by molar-refractivity contribution is 0.747. The van der Waals surface area contributed by atoms with E-state index in [0.29, 0.717) is 5.92 Å². The lowest BCUT2D eigenvalue weighted by Crippen LogP contribution is -1.94. The number of rotatable bonds is 0. The van der Waals surface area contributed by atoms with E-state index >= 15 is 0 Å². The fourth-order valence-electron chi connectivity index (χ4n) is 4.41. The Bertz CT molecular complexity index is 1320. The first-order valence-corrected chi connectivity index (χ1v) is 9.92. The van der Waals surface area contributed by atoms with Crippen molar-refractivity contribution in [2.75, 3.05) is 0 Å². The van der Waals surface area contributed by atoms with Crippen molar-refractivity contribution in [3.8, 4) is 24.2 Å². The fraction of sp³-hybridized carbons (Fsp3) is 0.200. The lowest BCUT2D eigenvalue weighted by atomic mass is 9.88. The molecule has 26 heavy (non-hydrogen) atoms. The highest BCUT2D eigenvalue weighted by atomic mass is 32.1. The van der Waals surface area contributed by atoms with Crippen LogP contribution >= 0.6 is 11.3 Å². The zero-order valence-electron chi connectivity index (χ0n) is 14.9. The zero-order valence-corrected chi connectivity index (χ0v) is 15.8. The summed E-state index contributed by atoms with van der Waals surface area (Å²) in [6.45, 7) is 4.22. The Hall–Kier alpha value is -2.74. The molecule has 124 valence electrons. The molecule has 1 heteroatoms. The molecule has 1 heterocycles. The summed E-state index contributed by atoms with van der Waals surface area (Å²) < 4.78 is 1.29. The molecule has 0 saturated heterocycles. The summed E-state index contributed by atoms with van der Waals surface area (Å²) in [6, 6.07) is 11.4. The van der Waals surface area contributed by atoms with Gasteiger partial charge in [0.2, 0.25) is 0 Å². The first kappa shape index (κ1) is 15.5. The Morgan fingerprint density at radius 1 is 1.04 bits per heavy atom. The Morgan fingerprint density at radius 3 is 2.62 bits per heavy atom. The summed E-state index contributed by atoms with van der Waals surface area (Å²) in [5.41, 5.74) is 5.05. The van der Waals surface area contributed by atoms with E-state index < -0.39 is 0 Å². The molecule has 0 N–H and O–H groups in total. The van der Waals surface area contributed by atoms with Gasteiger partial charge in [0, 0.05) is 21.2 Å². The predicted octanol–water partition coefficient (Wildman–Crippen LogP) is 6.61. The van der Waals surface area contributed by atoms with Crippen LogP contribution in [0.3, 0.4) is 0 Å². The van der Waals surface area contributed by atoms with E-state index in [1.807, 2.05) is 6.92 Å². The highest BCUT2D eigenvalue weighted by Gasteiger charge is 2.22. The first-order valence-electron chi connectivity index (χ1n) is 9.04. The van der Waals surface area contributed by atoms with Crippen LogP contribution in [0.2, 0.25) is 0 Å².